The van der Waals surface area contributed by atoms with E-state index >= 15 is 0 Å². The van der Waals surface area contributed by atoms with Crippen LogP contribution in [0.2, 0.25) is 0 Å². The number of thiophene rings is 1. The van der Waals surface area contributed by atoms with Gasteiger partial charge in [0.2, 0.25) is 10.0 Å². The van der Waals surface area contributed by atoms with E-state index in [1.807, 2.05) is 6.92 Å². The molecule has 1 N–H and O–H groups in total. The highest BCUT2D eigenvalue weighted by atomic mass is 32.2. The highest BCUT2D eigenvalue weighted by molar-refractivity contribution is 7.89. The van der Waals surface area contributed by atoms with Crippen molar-refractivity contribution in [2.45, 2.75) is 50.2 Å². The van der Waals surface area contributed by atoms with Crippen molar-refractivity contribution < 1.29 is 8.42 Å². The van der Waals surface area contributed by atoms with Gasteiger partial charge in [-0.15, -0.1) is 11.3 Å². The number of likely N-dealkylation sites (tertiary alicyclic amines) is 1. The first-order valence-corrected chi connectivity index (χ1v) is 10.7. The summed E-state index contributed by atoms with van der Waals surface area (Å²) in [6.45, 7) is 5.43. The minimum atomic E-state index is -3.50. The van der Waals surface area contributed by atoms with Crippen molar-refractivity contribution in [2.75, 3.05) is 13.1 Å². The molecule has 2 aromatic rings. The van der Waals surface area contributed by atoms with Gasteiger partial charge < -0.3 is 0 Å². The zero-order chi connectivity index (χ0) is 17.0. The fourth-order valence-electron chi connectivity index (χ4n) is 3.04. The van der Waals surface area contributed by atoms with E-state index in [2.05, 4.69) is 32.2 Å². The van der Waals surface area contributed by atoms with Crippen molar-refractivity contribution in [3.8, 4) is 0 Å². The minimum absolute atomic E-state index is 0.0433. The summed E-state index contributed by atoms with van der Waals surface area (Å²) in [4.78, 5) is 3.90. The Labute approximate surface area is 147 Å². The SMILES string of the molecule is CCCn1cc(S(=O)(=O)NC2CCCN(Cc3cccs3)C2)cn1. The molecule has 8 heteroatoms. The van der Waals surface area contributed by atoms with E-state index in [4.69, 9.17) is 0 Å². The average Bonchev–Trinajstić information content (AvgIpc) is 3.19. The van der Waals surface area contributed by atoms with Crippen molar-refractivity contribution in [1.82, 2.24) is 19.4 Å². The second-order valence-corrected chi connectivity index (χ2v) is 8.96. The van der Waals surface area contributed by atoms with Gasteiger partial charge in [0.25, 0.3) is 0 Å². The number of aromatic nitrogens is 2. The molecule has 1 aliphatic heterocycles. The van der Waals surface area contributed by atoms with Crippen LogP contribution in [0.25, 0.3) is 0 Å². The molecule has 1 atom stereocenters. The molecule has 0 bridgehead atoms. The molecular formula is C16H24N4O2S2. The fourth-order valence-corrected chi connectivity index (χ4v) is 5.00. The van der Waals surface area contributed by atoms with Crippen molar-refractivity contribution in [1.29, 1.82) is 0 Å². The molecule has 1 saturated heterocycles. The number of nitrogens with zero attached hydrogens (tertiary/aromatic N) is 3. The van der Waals surface area contributed by atoms with Crippen LogP contribution in [0.1, 0.15) is 31.1 Å². The number of hydrogen-bond donors (Lipinski definition) is 1. The molecule has 0 saturated carbocycles. The van der Waals surface area contributed by atoms with Crippen molar-refractivity contribution >= 4 is 21.4 Å². The molecule has 6 nitrogen and oxygen atoms in total. The Morgan fingerprint density at radius 3 is 3.08 bits per heavy atom. The lowest BCUT2D eigenvalue weighted by Gasteiger charge is -2.32. The Morgan fingerprint density at radius 2 is 2.33 bits per heavy atom. The molecule has 3 rings (SSSR count). The lowest BCUT2D eigenvalue weighted by atomic mass is 10.1. The van der Waals surface area contributed by atoms with E-state index in [1.165, 1.54) is 11.1 Å². The molecule has 0 aromatic carbocycles. The monoisotopic (exact) mass is 368 g/mol. The first-order valence-electron chi connectivity index (χ1n) is 8.36. The number of nitrogens with one attached hydrogen (secondary N) is 1. The predicted molar refractivity (Wildman–Crippen MR) is 95.5 cm³/mol. The zero-order valence-corrected chi connectivity index (χ0v) is 15.5. The Morgan fingerprint density at radius 1 is 1.46 bits per heavy atom. The number of piperidine rings is 1. The van der Waals surface area contributed by atoms with Crippen LogP contribution in [0.15, 0.2) is 34.8 Å². The van der Waals surface area contributed by atoms with Gasteiger partial charge >= 0.3 is 0 Å². The molecule has 1 aliphatic rings. The van der Waals surface area contributed by atoms with Gasteiger partial charge in [-0.05, 0) is 37.3 Å². The first-order chi connectivity index (χ1) is 11.6. The summed E-state index contributed by atoms with van der Waals surface area (Å²) >= 11 is 1.74. The zero-order valence-electron chi connectivity index (χ0n) is 13.9. The van der Waals surface area contributed by atoms with Crippen LogP contribution in [0.3, 0.4) is 0 Å². The van der Waals surface area contributed by atoms with E-state index in [0.29, 0.717) is 0 Å². The lowest BCUT2D eigenvalue weighted by Crippen LogP contribution is -2.47. The third-order valence-corrected chi connectivity index (χ3v) is 6.50. The van der Waals surface area contributed by atoms with Crippen LogP contribution in [0, 0.1) is 0 Å². The lowest BCUT2D eigenvalue weighted by molar-refractivity contribution is 0.196. The summed E-state index contributed by atoms with van der Waals surface area (Å²) in [6.07, 6.45) is 5.86. The van der Waals surface area contributed by atoms with Crippen LogP contribution in [-0.4, -0.2) is 42.2 Å². The third-order valence-electron chi connectivity index (χ3n) is 4.16. The fraction of sp³-hybridized carbons (Fsp3) is 0.562. The highest BCUT2D eigenvalue weighted by Gasteiger charge is 2.26. The molecule has 1 unspecified atom stereocenters. The van der Waals surface area contributed by atoms with Crippen molar-refractivity contribution in [2.24, 2.45) is 0 Å². The summed E-state index contributed by atoms with van der Waals surface area (Å²) < 4.78 is 29.7. The van der Waals surface area contributed by atoms with Gasteiger partial charge in [-0.1, -0.05) is 13.0 Å². The Hall–Kier alpha value is -1.22. The molecule has 132 valence electrons. The smallest absolute Gasteiger partial charge is 0.243 e. The number of hydrogen-bond acceptors (Lipinski definition) is 5. The maximum atomic E-state index is 12.6. The van der Waals surface area contributed by atoms with Crippen LogP contribution in [-0.2, 0) is 23.1 Å². The van der Waals surface area contributed by atoms with E-state index in [9.17, 15) is 8.42 Å². The number of rotatable bonds is 7. The van der Waals surface area contributed by atoms with Crippen molar-refractivity contribution in [3.05, 3.63) is 34.8 Å². The molecule has 1 fully saturated rings. The summed E-state index contributed by atoms with van der Waals surface area (Å²) in [5, 5.41) is 6.20. The van der Waals surface area contributed by atoms with Crippen LogP contribution in [0.4, 0.5) is 0 Å². The molecule has 0 radical (unpaired) electrons. The Bertz CT molecular complexity index is 740. The summed E-state index contributed by atoms with van der Waals surface area (Å²) in [7, 11) is -3.50. The van der Waals surface area contributed by atoms with Gasteiger partial charge in [0.1, 0.15) is 4.90 Å². The minimum Gasteiger partial charge on any atom is -0.297 e. The van der Waals surface area contributed by atoms with Gasteiger partial charge in [0.15, 0.2) is 0 Å². The van der Waals surface area contributed by atoms with Gasteiger partial charge in [0, 0.05) is 36.8 Å². The molecular weight excluding hydrogens is 344 g/mol. The molecule has 3 heterocycles. The number of sulfonamides is 1. The molecule has 0 aliphatic carbocycles. The maximum absolute atomic E-state index is 12.6. The maximum Gasteiger partial charge on any atom is 0.243 e. The van der Waals surface area contributed by atoms with Gasteiger partial charge in [-0.3, -0.25) is 9.58 Å². The van der Waals surface area contributed by atoms with Gasteiger partial charge in [0.05, 0.1) is 6.20 Å². The van der Waals surface area contributed by atoms with Crippen molar-refractivity contribution in [3.63, 3.8) is 0 Å². The summed E-state index contributed by atoms with van der Waals surface area (Å²) in [5.74, 6) is 0. The molecule has 2 aromatic heterocycles. The van der Waals surface area contributed by atoms with Crippen LogP contribution in [0.5, 0.6) is 0 Å². The van der Waals surface area contributed by atoms with Gasteiger partial charge in [-0.2, -0.15) is 5.10 Å². The quantitative estimate of drug-likeness (QED) is 0.814. The van der Waals surface area contributed by atoms with Gasteiger partial charge in [-0.25, -0.2) is 13.1 Å². The topological polar surface area (TPSA) is 67.2 Å². The Kier molecular flexibility index (Phi) is 5.70. The standard InChI is InChI=1S/C16H24N4O2S2/c1-2-7-20-13-16(10-17-20)24(21,22)18-14-5-3-8-19(11-14)12-15-6-4-9-23-15/h4,6,9-10,13-14,18H,2-3,5,7-8,11-12H2,1H3. The van der Waals surface area contributed by atoms with Crippen LogP contribution < -0.4 is 4.72 Å². The largest absolute Gasteiger partial charge is 0.297 e. The molecule has 0 amide bonds. The summed E-state index contributed by atoms with van der Waals surface area (Å²) in [6, 6.07) is 4.14. The van der Waals surface area contributed by atoms with E-state index in [-0.39, 0.29) is 10.9 Å². The van der Waals surface area contributed by atoms with E-state index in [0.717, 1.165) is 45.4 Å². The molecule has 0 spiro atoms. The first kappa shape index (κ1) is 17.6. The summed E-state index contributed by atoms with van der Waals surface area (Å²) in [5.41, 5.74) is 0. The normalized spacial score (nSPS) is 19.6. The molecule has 24 heavy (non-hydrogen) atoms. The second kappa shape index (κ2) is 7.77. The Balaban J connectivity index is 1.61. The highest BCUT2D eigenvalue weighted by Crippen LogP contribution is 2.18. The van der Waals surface area contributed by atoms with E-state index in [1.54, 1.807) is 22.2 Å². The average molecular weight is 369 g/mol. The predicted octanol–water partition coefficient (Wildman–Crippen LogP) is 2.30. The second-order valence-electron chi connectivity index (χ2n) is 6.21. The third kappa shape index (κ3) is 4.44. The van der Waals surface area contributed by atoms with E-state index < -0.39 is 10.0 Å². The van der Waals surface area contributed by atoms with Crippen LogP contribution >= 0.6 is 11.3 Å². The number of aryl methyl sites for hydroxylation is 1.